The van der Waals surface area contributed by atoms with Crippen molar-refractivity contribution in [2.75, 3.05) is 45.9 Å². The van der Waals surface area contributed by atoms with E-state index in [9.17, 15) is 12.8 Å². The molecule has 10 heteroatoms. The van der Waals surface area contributed by atoms with Gasteiger partial charge in [0, 0.05) is 23.4 Å². The van der Waals surface area contributed by atoms with E-state index in [1.165, 1.54) is 16.4 Å². The molecule has 0 bridgehead atoms. The molecule has 1 aromatic heterocycles. The number of sulfonamides is 1. The van der Waals surface area contributed by atoms with Crippen LogP contribution in [0.25, 0.3) is 10.9 Å². The molecule has 2 fully saturated rings. The van der Waals surface area contributed by atoms with E-state index in [0.29, 0.717) is 31.2 Å². The highest BCUT2D eigenvalue weighted by molar-refractivity contribution is 7.89. The third-order valence-corrected chi connectivity index (χ3v) is 9.37. The normalized spacial score (nSPS) is 22.7. The highest BCUT2D eigenvalue weighted by Gasteiger charge is 2.50. The molecule has 1 spiro atoms. The second-order valence-corrected chi connectivity index (χ2v) is 11.5. The number of rotatable bonds is 5. The van der Waals surface area contributed by atoms with Gasteiger partial charge in [0.05, 0.1) is 35.9 Å². The van der Waals surface area contributed by atoms with Crippen LogP contribution < -0.4 is 0 Å². The van der Waals surface area contributed by atoms with Crippen molar-refractivity contribution in [2.24, 2.45) is 0 Å². The van der Waals surface area contributed by atoms with Crippen molar-refractivity contribution in [3.8, 4) is 0 Å². The number of piperidine rings is 1. The van der Waals surface area contributed by atoms with Crippen molar-refractivity contribution >= 4 is 20.9 Å². The first-order valence-corrected chi connectivity index (χ1v) is 13.6. The number of benzene rings is 2. The van der Waals surface area contributed by atoms with Crippen LogP contribution in [0.2, 0.25) is 0 Å². The molecule has 3 aromatic rings. The topological polar surface area (TPSA) is 87.8 Å². The number of halogens is 1. The van der Waals surface area contributed by atoms with Crippen LogP contribution in [-0.2, 0) is 25.3 Å². The minimum absolute atomic E-state index is 0.182. The van der Waals surface area contributed by atoms with Gasteiger partial charge in [-0.15, -0.1) is 0 Å². The number of H-pyrrole nitrogens is 1. The summed E-state index contributed by atoms with van der Waals surface area (Å²) in [5.74, 6) is -0.935. The summed E-state index contributed by atoms with van der Waals surface area (Å²) in [4.78, 5) is 2.66. The monoisotopic (exact) mass is 500 g/mol. The summed E-state index contributed by atoms with van der Waals surface area (Å²) in [7, 11) is -3.60. The first-order valence-electron chi connectivity index (χ1n) is 12.2. The molecule has 0 atom stereocenters. The Balaban J connectivity index is 1.08. The van der Waals surface area contributed by atoms with Crippen LogP contribution in [-0.4, -0.2) is 73.8 Å². The molecular formula is C25H29FN4O4S. The van der Waals surface area contributed by atoms with Crippen molar-refractivity contribution in [3.63, 3.8) is 0 Å². The molecule has 0 amide bonds. The number of hydrogen-bond acceptors (Lipinski definition) is 6. The van der Waals surface area contributed by atoms with Crippen molar-refractivity contribution < 1.29 is 22.3 Å². The zero-order chi connectivity index (χ0) is 24.0. The fourth-order valence-electron chi connectivity index (χ4n) is 5.67. The van der Waals surface area contributed by atoms with Crippen LogP contribution in [0, 0.1) is 5.82 Å². The summed E-state index contributed by atoms with van der Waals surface area (Å²) in [6.07, 6.45) is 2.67. The van der Waals surface area contributed by atoms with Gasteiger partial charge in [-0.05, 0) is 63.2 Å². The van der Waals surface area contributed by atoms with Crippen LogP contribution in [0.4, 0.5) is 4.39 Å². The van der Waals surface area contributed by atoms with Crippen molar-refractivity contribution in [2.45, 2.75) is 35.9 Å². The second-order valence-electron chi connectivity index (χ2n) is 9.55. The number of fused-ring (bicyclic) bond motifs is 3. The van der Waals surface area contributed by atoms with Crippen molar-refractivity contribution in [1.82, 2.24) is 19.4 Å². The van der Waals surface area contributed by atoms with Gasteiger partial charge in [0.1, 0.15) is 5.82 Å². The Morgan fingerprint density at radius 2 is 1.86 bits per heavy atom. The van der Waals surface area contributed by atoms with E-state index in [0.717, 1.165) is 55.5 Å². The number of nitrogens with one attached hydrogen (secondary N) is 1. The zero-order valence-electron chi connectivity index (χ0n) is 19.5. The largest absolute Gasteiger partial charge is 0.342 e. The lowest BCUT2D eigenvalue weighted by molar-refractivity contribution is -0.176. The molecule has 2 aromatic carbocycles. The molecule has 35 heavy (non-hydrogen) atoms. The number of hydrogen-bond donors (Lipinski definition) is 1. The number of aromatic nitrogens is 2. The number of nitrogens with zero attached hydrogens (tertiary/aromatic N) is 3. The molecular weight excluding hydrogens is 471 g/mol. The molecule has 3 aliphatic rings. The third kappa shape index (κ3) is 4.07. The summed E-state index contributed by atoms with van der Waals surface area (Å²) in [6.45, 7) is 4.18. The minimum Gasteiger partial charge on any atom is -0.342 e. The van der Waals surface area contributed by atoms with Crippen molar-refractivity contribution in [1.29, 1.82) is 0 Å². The Morgan fingerprint density at radius 1 is 1.09 bits per heavy atom. The minimum atomic E-state index is -3.60. The third-order valence-electron chi connectivity index (χ3n) is 7.46. The summed E-state index contributed by atoms with van der Waals surface area (Å²) in [5.41, 5.74) is 2.35. The zero-order valence-corrected chi connectivity index (χ0v) is 20.3. The lowest BCUT2D eigenvalue weighted by Gasteiger charge is -2.39. The molecule has 0 radical (unpaired) electrons. The molecule has 0 aliphatic carbocycles. The average Bonchev–Trinajstić information content (AvgIpc) is 3.51. The smallest absolute Gasteiger partial charge is 0.243 e. The maximum absolute atomic E-state index is 13.5. The van der Waals surface area contributed by atoms with Gasteiger partial charge in [0.25, 0.3) is 0 Å². The molecule has 6 rings (SSSR count). The number of likely N-dealkylation sites (tertiary alicyclic amines) is 1. The quantitative estimate of drug-likeness (QED) is 0.579. The second kappa shape index (κ2) is 8.94. The van der Waals surface area contributed by atoms with E-state index in [2.05, 4.69) is 15.1 Å². The Kier molecular flexibility index (Phi) is 5.89. The predicted molar refractivity (Wildman–Crippen MR) is 128 cm³/mol. The lowest BCUT2D eigenvalue weighted by Crippen LogP contribution is -2.50. The Morgan fingerprint density at radius 3 is 2.66 bits per heavy atom. The van der Waals surface area contributed by atoms with Gasteiger partial charge >= 0.3 is 0 Å². The average molecular weight is 501 g/mol. The lowest BCUT2D eigenvalue weighted by atomic mass is 9.91. The van der Waals surface area contributed by atoms with Gasteiger partial charge in [0.2, 0.25) is 15.8 Å². The highest BCUT2D eigenvalue weighted by atomic mass is 32.2. The van der Waals surface area contributed by atoms with E-state index in [1.54, 1.807) is 24.3 Å². The van der Waals surface area contributed by atoms with Gasteiger partial charge in [-0.25, -0.2) is 12.8 Å². The van der Waals surface area contributed by atoms with Gasteiger partial charge in [-0.3, -0.25) is 5.10 Å². The molecule has 3 aliphatic heterocycles. The highest BCUT2D eigenvalue weighted by Crippen LogP contribution is 2.42. The van der Waals surface area contributed by atoms with E-state index in [-0.39, 0.29) is 17.3 Å². The molecule has 186 valence electrons. The fraction of sp³-hybridized carbons (Fsp3) is 0.480. The van der Waals surface area contributed by atoms with Gasteiger partial charge in [-0.1, -0.05) is 18.2 Å². The summed E-state index contributed by atoms with van der Waals surface area (Å²) < 4.78 is 53.5. The van der Waals surface area contributed by atoms with Gasteiger partial charge in [0.15, 0.2) is 0 Å². The van der Waals surface area contributed by atoms with E-state index in [1.807, 2.05) is 6.07 Å². The molecule has 1 N–H and O–H groups in total. The van der Waals surface area contributed by atoms with E-state index >= 15 is 0 Å². The van der Waals surface area contributed by atoms with Crippen LogP contribution in [0.15, 0.2) is 47.4 Å². The predicted octanol–water partition coefficient (Wildman–Crippen LogP) is 3.18. The number of ether oxygens (including phenoxy) is 2. The fourth-order valence-corrected chi connectivity index (χ4v) is 7.41. The van der Waals surface area contributed by atoms with Crippen molar-refractivity contribution in [3.05, 3.63) is 59.5 Å². The Hall–Kier alpha value is -2.37. The van der Waals surface area contributed by atoms with E-state index in [4.69, 9.17) is 9.47 Å². The molecule has 2 saturated heterocycles. The van der Waals surface area contributed by atoms with Gasteiger partial charge < -0.3 is 14.4 Å². The standard InChI is InChI=1S/C25H29FN4O4S/c26-19-6-7-20-22(16-19)27-28-24(20)18-8-12-29(13-9-18)10-3-11-30-17-25(33-14-15-34-25)21-4-1-2-5-23(21)35(30,31)32/h1-2,4-7,16,18H,3,8-15,17H2,(H,27,28). The molecule has 4 heterocycles. The summed E-state index contributed by atoms with van der Waals surface area (Å²) in [6, 6.07) is 11.8. The molecule has 0 unspecified atom stereocenters. The first kappa shape index (κ1) is 23.1. The van der Waals surface area contributed by atoms with Gasteiger partial charge in [-0.2, -0.15) is 9.40 Å². The first-order chi connectivity index (χ1) is 17.0. The summed E-state index contributed by atoms with van der Waals surface area (Å²) in [5, 5.41) is 8.42. The maximum Gasteiger partial charge on any atom is 0.243 e. The van der Waals surface area contributed by atoms with E-state index < -0.39 is 15.8 Å². The van der Waals surface area contributed by atoms with Crippen LogP contribution in [0.1, 0.15) is 36.4 Å². The van der Waals surface area contributed by atoms with Crippen LogP contribution >= 0.6 is 0 Å². The van der Waals surface area contributed by atoms with Crippen LogP contribution in [0.3, 0.4) is 0 Å². The Labute approximate surface area is 204 Å². The molecule has 8 nitrogen and oxygen atoms in total. The Bertz CT molecular complexity index is 1330. The molecule has 0 saturated carbocycles. The van der Waals surface area contributed by atoms with Crippen LogP contribution in [0.5, 0.6) is 0 Å². The number of aromatic amines is 1. The SMILES string of the molecule is O=S1(=O)c2ccccc2C2(CN1CCCN1CCC(c3n[nH]c4cc(F)ccc34)CC1)OCCO2. The maximum atomic E-state index is 13.5. The summed E-state index contributed by atoms with van der Waals surface area (Å²) >= 11 is 0.